The van der Waals surface area contributed by atoms with E-state index >= 15 is 0 Å². The summed E-state index contributed by atoms with van der Waals surface area (Å²) in [4.78, 5) is 37.7. The summed E-state index contributed by atoms with van der Waals surface area (Å²) in [5.74, 6) is -0.460. The lowest BCUT2D eigenvalue weighted by atomic mass is 9.90. The van der Waals surface area contributed by atoms with Gasteiger partial charge in [0.05, 0.1) is 5.69 Å². The number of anilines is 1. The number of para-hydroxylation sites is 1. The number of nitrogens with one attached hydrogen (secondary N) is 1. The van der Waals surface area contributed by atoms with Crippen LogP contribution >= 0.6 is 11.3 Å². The molecule has 1 atom stereocenters. The summed E-state index contributed by atoms with van der Waals surface area (Å²) < 4.78 is 5.14. The van der Waals surface area contributed by atoms with Crippen LogP contribution in [0.5, 0.6) is 0 Å². The highest BCUT2D eigenvalue weighted by atomic mass is 32.1. The van der Waals surface area contributed by atoms with Crippen LogP contribution in [0.1, 0.15) is 50.7 Å². The summed E-state index contributed by atoms with van der Waals surface area (Å²) in [5.41, 5.74) is 2.06. The molecule has 26 heavy (non-hydrogen) atoms. The average molecular weight is 371 g/mol. The molecule has 0 aliphatic heterocycles. The largest absolute Gasteiger partial charge is 0.451 e. The third-order valence-corrected chi connectivity index (χ3v) is 5.66. The summed E-state index contributed by atoms with van der Waals surface area (Å²) in [7, 11) is 0. The van der Waals surface area contributed by atoms with Crippen LogP contribution in [0.4, 0.5) is 5.69 Å². The first-order valence-corrected chi connectivity index (χ1v) is 9.44. The van der Waals surface area contributed by atoms with Crippen LogP contribution in [0.3, 0.4) is 0 Å². The Hall–Kier alpha value is -2.47. The van der Waals surface area contributed by atoms with Crippen molar-refractivity contribution >= 4 is 34.7 Å². The van der Waals surface area contributed by atoms with Gasteiger partial charge in [-0.05, 0) is 55.9 Å². The van der Waals surface area contributed by atoms with Gasteiger partial charge in [0, 0.05) is 10.4 Å². The molecule has 0 bridgehead atoms. The number of ketones is 1. The number of hydrogen-bond acceptors (Lipinski definition) is 5. The fourth-order valence-electron chi connectivity index (χ4n) is 3.09. The van der Waals surface area contributed by atoms with Crippen molar-refractivity contribution < 1.29 is 19.1 Å². The third-order valence-electron chi connectivity index (χ3n) is 4.45. The maximum absolute atomic E-state index is 12.2. The summed E-state index contributed by atoms with van der Waals surface area (Å²) in [5, 5.41) is 2.62. The minimum atomic E-state index is -0.480. The van der Waals surface area contributed by atoms with Gasteiger partial charge >= 0.3 is 5.97 Å². The summed E-state index contributed by atoms with van der Waals surface area (Å²) >= 11 is 1.46. The molecule has 136 valence electrons. The van der Waals surface area contributed by atoms with Gasteiger partial charge < -0.3 is 10.1 Å². The van der Waals surface area contributed by atoms with Crippen molar-refractivity contribution in [2.75, 3.05) is 11.9 Å². The van der Waals surface area contributed by atoms with Crippen molar-refractivity contribution in [2.24, 2.45) is 5.92 Å². The molecule has 5 nitrogen and oxygen atoms in total. The van der Waals surface area contributed by atoms with Crippen LogP contribution < -0.4 is 5.32 Å². The molecule has 1 aliphatic rings. The fraction of sp³-hybridized carbons (Fsp3) is 0.350. The number of amides is 1. The number of benzene rings is 1. The molecule has 1 heterocycles. The molecule has 1 amide bonds. The molecule has 0 fully saturated rings. The summed E-state index contributed by atoms with van der Waals surface area (Å²) in [6.45, 7) is 3.26. The Morgan fingerprint density at radius 1 is 1.27 bits per heavy atom. The van der Waals surface area contributed by atoms with Crippen LogP contribution in [0.2, 0.25) is 0 Å². The molecular formula is C20H21NO4S. The highest BCUT2D eigenvalue weighted by Crippen LogP contribution is 2.32. The lowest BCUT2D eigenvalue weighted by Gasteiger charge is -2.16. The Morgan fingerprint density at radius 3 is 2.81 bits per heavy atom. The number of hydrogen-bond donors (Lipinski definition) is 1. The molecule has 0 spiro atoms. The van der Waals surface area contributed by atoms with Crippen LogP contribution in [-0.4, -0.2) is 24.3 Å². The van der Waals surface area contributed by atoms with Gasteiger partial charge in [-0.2, -0.15) is 0 Å². The first-order valence-electron chi connectivity index (χ1n) is 8.62. The topological polar surface area (TPSA) is 72.5 Å². The lowest BCUT2D eigenvalue weighted by molar-refractivity contribution is -0.119. The van der Waals surface area contributed by atoms with E-state index < -0.39 is 11.9 Å². The maximum atomic E-state index is 12.2. The molecule has 0 saturated carbocycles. The summed E-state index contributed by atoms with van der Waals surface area (Å²) in [6, 6.07) is 8.63. The first-order chi connectivity index (χ1) is 12.4. The van der Waals surface area contributed by atoms with Crippen molar-refractivity contribution in [2.45, 2.75) is 33.1 Å². The maximum Gasteiger partial charge on any atom is 0.348 e. The van der Waals surface area contributed by atoms with Gasteiger partial charge in [-0.25, -0.2) is 4.79 Å². The fourth-order valence-corrected chi connectivity index (χ4v) is 4.20. The Kier molecular flexibility index (Phi) is 5.52. The van der Waals surface area contributed by atoms with Gasteiger partial charge in [0.15, 0.2) is 12.4 Å². The Balaban J connectivity index is 1.58. The van der Waals surface area contributed by atoms with Crippen molar-refractivity contribution in [1.82, 2.24) is 0 Å². The number of rotatable bonds is 5. The second-order valence-corrected chi connectivity index (χ2v) is 7.77. The minimum Gasteiger partial charge on any atom is -0.451 e. The van der Waals surface area contributed by atoms with Gasteiger partial charge in [0.25, 0.3) is 5.91 Å². The van der Waals surface area contributed by atoms with E-state index in [4.69, 9.17) is 4.74 Å². The summed E-state index contributed by atoms with van der Waals surface area (Å²) in [6.07, 6.45) is 3.12. The van der Waals surface area contributed by atoms with Crippen LogP contribution in [0.25, 0.3) is 0 Å². The number of carbonyl (C=O) groups is 3. The predicted octanol–water partition coefficient (Wildman–Crippen LogP) is 3.87. The second kappa shape index (κ2) is 7.83. The van der Waals surface area contributed by atoms with Crippen LogP contribution in [0.15, 0.2) is 30.3 Å². The molecule has 1 aromatic heterocycles. The van der Waals surface area contributed by atoms with Crippen LogP contribution in [0, 0.1) is 5.92 Å². The predicted molar refractivity (Wildman–Crippen MR) is 101 cm³/mol. The average Bonchev–Trinajstić information content (AvgIpc) is 3.03. The van der Waals surface area contributed by atoms with E-state index in [1.54, 1.807) is 24.3 Å². The monoisotopic (exact) mass is 371 g/mol. The zero-order chi connectivity index (χ0) is 18.7. The molecule has 0 radical (unpaired) electrons. The third kappa shape index (κ3) is 4.19. The van der Waals surface area contributed by atoms with Crippen molar-refractivity contribution in [3.05, 3.63) is 51.2 Å². The van der Waals surface area contributed by atoms with E-state index in [0.29, 0.717) is 22.0 Å². The zero-order valence-corrected chi connectivity index (χ0v) is 15.7. The minimum absolute atomic E-state index is 0.142. The van der Waals surface area contributed by atoms with Crippen LogP contribution in [-0.2, 0) is 22.4 Å². The number of Topliss-reactive ketones (excluding diaryl/α,β-unsaturated/α-hetero) is 1. The molecule has 1 aromatic carbocycles. The quantitative estimate of drug-likeness (QED) is 0.640. The Bertz CT molecular complexity index is 855. The molecular weight excluding hydrogens is 350 g/mol. The van der Waals surface area contributed by atoms with E-state index in [-0.39, 0.29) is 12.4 Å². The van der Waals surface area contributed by atoms with Gasteiger partial charge in [0.1, 0.15) is 4.88 Å². The Morgan fingerprint density at radius 2 is 2.04 bits per heavy atom. The SMILES string of the molecule is CC(=O)c1ccccc1NC(=O)COC(=O)c1cc2c(s1)CC[C@@H](C)C2. The smallest absolute Gasteiger partial charge is 0.348 e. The van der Waals surface area contributed by atoms with Gasteiger partial charge in [0.2, 0.25) is 0 Å². The zero-order valence-electron chi connectivity index (χ0n) is 14.8. The van der Waals surface area contributed by atoms with Gasteiger partial charge in [-0.3, -0.25) is 9.59 Å². The second-order valence-electron chi connectivity index (χ2n) is 6.63. The van der Waals surface area contributed by atoms with E-state index in [2.05, 4.69) is 12.2 Å². The number of thiophene rings is 1. The highest BCUT2D eigenvalue weighted by molar-refractivity contribution is 7.14. The Labute approximate surface area is 156 Å². The van der Waals surface area contributed by atoms with E-state index in [9.17, 15) is 14.4 Å². The molecule has 1 N–H and O–H groups in total. The van der Waals surface area contributed by atoms with Crippen molar-refractivity contribution in [3.8, 4) is 0 Å². The van der Waals surface area contributed by atoms with E-state index in [1.165, 1.54) is 28.7 Å². The number of ether oxygens (including phenoxy) is 1. The molecule has 1 aliphatic carbocycles. The van der Waals surface area contributed by atoms with Crippen molar-refractivity contribution in [3.63, 3.8) is 0 Å². The lowest BCUT2D eigenvalue weighted by Crippen LogP contribution is -2.21. The molecule has 2 aromatic rings. The molecule has 3 rings (SSSR count). The number of aryl methyl sites for hydroxylation is 1. The number of carbonyl (C=O) groups excluding carboxylic acids is 3. The van der Waals surface area contributed by atoms with Gasteiger partial charge in [-0.15, -0.1) is 11.3 Å². The molecule has 0 unspecified atom stereocenters. The highest BCUT2D eigenvalue weighted by Gasteiger charge is 2.22. The first kappa shape index (κ1) is 18.3. The number of fused-ring (bicyclic) bond motifs is 1. The normalized spacial score (nSPS) is 15.8. The number of esters is 1. The van der Waals surface area contributed by atoms with Gasteiger partial charge in [-0.1, -0.05) is 19.1 Å². The molecule has 6 heteroatoms. The van der Waals surface area contributed by atoms with E-state index in [1.807, 2.05) is 6.07 Å². The standard InChI is InChI=1S/C20H21NO4S/c1-12-7-8-17-14(9-12)10-18(26-17)20(24)25-11-19(23)21-16-6-4-3-5-15(16)13(2)22/h3-6,10,12H,7-9,11H2,1-2H3,(H,21,23)/t12-/m1/s1. The molecule has 0 saturated heterocycles. The van der Waals surface area contributed by atoms with E-state index in [0.717, 1.165) is 19.3 Å². The van der Waals surface area contributed by atoms with Crippen molar-refractivity contribution in [1.29, 1.82) is 0 Å².